The van der Waals surface area contributed by atoms with Crippen molar-refractivity contribution >= 4 is 17.3 Å². The van der Waals surface area contributed by atoms with Gasteiger partial charge in [0.1, 0.15) is 23.2 Å². The topological polar surface area (TPSA) is 128 Å². The van der Waals surface area contributed by atoms with Crippen molar-refractivity contribution in [2.45, 2.75) is 12.5 Å². The quantitative estimate of drug-likeness (QED) is 0.630. The standard InChI is InChI=1S/C15H15N3O4/c16-11(15(21)22)6-9-7-12(14(20)8-13(9)19)18-17-10-4-2-1-3-5-10/h1-5,7-8,11,19-20H,6,16H2,(H,21,22)/t11-/m0/s1. The summed E-state index contributed by atoms with van der Waals surface area (Å²) >= 11 is 0. The molecule has 2 aromatic rings. The van der Waals surface area contributed by atoms with E-state index in [0.29, 0.717) is 5.69 Å². The highest BCUT2D eigenvalue weighted by molar-refractivity contribution is 5.74. The number of carbonyl (C=O) groups is 1. The number of nitrogens with zero attached hydrogens (tertiary/aromatic N) is 2. The van der Waals surface area contributed by atoms with Gasteiger partial charge < -0.3 is 21.1 Å². The minimum absolute atomic E-state index is 0.0880. The van der Waals surface area contributed by atoms with Crippen LogP contribution in [0.1, 0.15) is 5.56 Å². The van der Waals surface area contributed by atoms with Crippen molar-refractivity contribution in [2.24, 2.45) is 16.0 Å². The van der Waals surface area contributed by atoms with E-state index in [-0.39, 0.29) is 29.2 Å². The molecule has 0 radical (unpaired) electrons. The van der Waals surface area contributed by atoms with Gasteiger partial charge in [-0.2, -0.15) is 5.11 Å². The lowest BCUT2D eigenvalue weighted by Gasteiger charge is -2.10. The van der Waals surface area contributed by atoms with Crippen LogP contribution in [0, 0.1) is 0 Å². The molecule has 7 heteroatoms. The van der Waals surface area contributed by atoms with Gasteiger partial charge in [0.2, 0.25) is 0 Å². The number of benzene rings is 2. The van der Waals surface area contributed by atoms with Crippen LogP contribution in [-0.2, 0) is 11.2 Å². The molecule has 0 fully saturated rings. The Balaban J connectivity index is 2.28. The van der Waals surface area contributed by atoms with Crippen LogP contribution >= 0.6 is 0 Å². The summed E-state index contributed by atoms with van der Waals surface area (Å²) in [4.78, 5) is 10.8. The van der Waals surface area contributed by atoms with E-state index >= 15 is 0 Å². The predicted octanol–water partition coefficient (Wildman–Crippen LogP) is 2.47. The molecule has 0 spiro atoms. The lowest BCUT2D eigenvalue weighted by molar-refractivity contribution is -0.138. The maximum Gasteiger partial charge on any atom is 0.320 e. The summed E-state index contributed by atoms with van der Waals surface area (Å²) in [6, 6.07) is 10.2. The summed E-state index contributed by atoms with van der Waals surface area (Å²) in [6.45, 7) is 0. The Morgan fingerprint density at radius 1 is 1.09 bits per heavy atom. The van der Waals surface area contributed by atoms with Crippen molar-refractivity contribution in [1.82, 2.24) is 0 Å². The van der Waals surface area contributed by atoms with Crippen molar-refractivity contribution in [3.63, 3.8) is 0 Å². The molecule has 0 saturated heterocycles. The Morgan fingerprint density at radius 2 is 1.77 bits per heavy atom. The second kappa shape index (κ2) is 6.68. The van der Waals surface area contributed by atoms with Crippen molar-refractivity contribution in [1.29, 1.82) is 0 Å². The zero-order valence-electron chi connectivity index (χ0n) is 11.5. The molecule has 0 bridgehead atoms. The third kappa shape index (κ3) is 3.80. The number of azo groups is 1. The van der Waals surface area contributed by atoms with Crippen LogP contribution in [0.25, 0.3) is 0 Å². The SMILES string of the molecule is N[C@@H](Cc1cc(N=Nc2ccccc2)c(O)cc1O)C(=O)O. The molecule has 7 nitrogen and oxygen atoms in total. The normalized spacial score (nSPS) is 12.4. The largest absolute Gasteiger partial charge is 0.508 e. The average Bonchev–Trinajstić information content (AvgIpc) is 2.49. The van der Waals surface area contributed by atoms with Gasteiger partial charge in [0.15, 0.2) is 0 Å². The Kier molecular flexibility index (Phi) is 4.70. The molecular weight excluding hydrogens is 286 g/mol. The molecule has 0 heterocycles. The lowest BCUT2D eigenvalue weighted by Crippen LogP contribution is -2.32. The Morgan fingerprint density at radius 3 is 2.41 bits per heavy atom. The van der Waals surface area contributed by atoms with Crippen molar-refractivity contribution in [2.75, 3.05) is 0 Å². The van der Waals surface area contributed by atoms with Crippen LogP contribution < -0.4 is 5.73 Å². The minimum atomic E-state index is -1.18. The van der Waals surface area contributed by atoms with Gasteiger partial charge >= 0.3 is 5.97 Å². The van der Waals surface area contributed by atoms with Crippen LogP contribution in [0.15, 0.2) is 52.7 Å². The summed E-state index contributed by atoms with van der Waals surface area (Å²) in [5.74, 6) is -1.68. The minimum Gasteiger partial charge on any atom is -0.508 e. The molecular formula is C15H15N3O4. The average molecular weight is 301 g/mol. The number of phenolic OH excluding ortho intramolecular Hbond substituents is 2. The van der Waals surface area contributed by atoms with Gasteiger partial charge in [-0.1, -0.05) is 18.2 Å². The number of aromatic hydroxyl groups is 2. The van der Waals surface area contributed by atoms with E-state index in [2.05, 4.69) is 10.2 Å². The highest BCUT2D eigenvalue weighted by atomic mass is 16.4. The smallest absolute Gasteiger partial charge is 0.320 e. The van der Waals surface area contributed by atoms with E-state index in [1.54, 1.807) is 24.3 Å². The number of phenols is 2. The molecule has 0 aliphatic rings. The van der Waals surface area contributed by atoms with Gasteiger partial charge in [0, 0.05) is 12.5 Å². The van der Waals surface area contributed by atoms with E-state index < -0.39 is 12.0 Å². The Bertz CT molecular complexity index is 701. The predicted molar refractivity (Wildman–Crippen MR) is 79.7 cm³/mol. The van der Waals surface area contributed by atoms with Crippen molar-refractivity contribution in [3.05, 3.63) is 48.0 Å². The maximum atomic E-state index is 10.8. The van der Waals surface area contributed by atoms with Gasteiger partial charge in [0.05, 0.1) is 5.69 Å². The first-order valence-corrected chi connectivity index (χ1v) is 6.47. The number of nitrogens with two attached hydrogens (primary N) is 1. The second-order valence-electron chi connectivity index (χ2n) is 4.65. The number of hydrogen-bond donors (Lipinski definition) is 4. The highest BCUT2D eigenvalue weighted by Crippen LogP contribution is 2.35. The fourth-order valence-electron chi connectivity index (χ4n) is 1.78. The first-order valence-electron chi connectivity index (χ1n) is 6.47. The fraction of sp³-hybridized carbons (Fsp3) is 0.133. The number of carboxylic acid groups (broad SMARTS) is 1. The second-order valence-corrected chi connectivity index (χ2v) is 4.65. The lowest BCUT2D eigenvalue weighted by atomic mass is 10.0. The van der Waals surface area contributed by atoms with Crippen LogP contribution in [-0.4, -0.2) is 27.3 Å². The third-order valence-corrected chi connectivity index (χ3v) is 2.96. The molecule has 22 heavy (non-hydrogen) atoms. The van der Waals surface area contributed by atoms with E-state index in [1.165, 1.54) is 6.07 Å². The first kappa shape index (κ1) is 15.5. The van der Waals surface area contributed by atoms with Gasteiger partial charge in [0.25, 0.3) is 0 Å². The van der Waals surface area contributed by atoms with Crippen LogP contribution in [0.2, 0.25) is 0 Å². The maximum absolute atomic E-state index is 10.8. The molecule has 1 atom stereocenters. The molecule has 0 saturated carbocycles. The van der Waals surface area contributed by atoms with Crippen LogP contribution in [0.4, 0.5) is 11.4 Å². The molecule has 0 unspecified atom stereocenters. The van der Waals surface area contributed by atoms with E-state index in [4.69, 9.17) is 10.8 Å². The van der Waals surface area contributed by atoms with Gasteiger partial charge in [-0.05, 0) is 23.8 Å². The molecule has 114 valence electrons. The summed E-state index contributed by atoms with van der Waals surface area (Å²) < 4.78 is 0. The summed E-state index contributed by atoms with van der Waals surface area (Å²) in [6.07, 6.45) is -0.0880. The molecule has 0 amide bonds. The Labute approximate surface area is 126 Å². The Hall–Kier alpha value is -2.93. The molecule has 2 rings (SSSR count). The van der Waals surface area contributed by atoms with Crippen molar-refractivity contribution in [3.8, 4) is 11.5 Å². The molecule has 2 aromatic carbocycles. The summed E-state index contributed by atoms with van der Waals surface area (Å²) in [7, 11) is 0. The van der Waals surface area contributed by atoms with Gasteiger partial charge in [-0.25, -0.2) is 0 Å². The number of carboxylic acids is 1. The van der Waals surface area contributed by atoms with E-state index in [1.807, 2.05) is 6.07 Å². The molecule has 0 aliphatic heterocycles. The monoisotopic (exact) mass is 301 g/mol. The highest BCUT2D eigenvalue weighted by Gasteiger charge is 2.16. The van der Waals surface area contributed by atoms with E-state index in [0.717, 1.165) is 6.07 Å². The summed E-state index contributed by atoms with van der Waals surface area (Å²) in [5, 5.41) is 36.2. The zero-order valence-corrected chi connectivity index (χ0v) is 11.5. The zero-order chi connectivity index (χ0) is 16.1. The molecule has 0 aromatic heterocycles. The third-order valence-electron chi connectivity index (χ3n) is 2.96. The van der Waals surface area contributed by atoms with Gasteiger partial charge in [-0.3, -0.25) is 4.79 Å². The number of aliphatic carboxylic acids is 1. The fourth-order valence-corrected chi connectivity index (χ4v) is 1.78. The number of rotatable bonds is 5. The van der Waals surface area contributed by atoms with Crippen LogP contribution in [0.5, 0.6) is 11.5 Å². The first-order chi connectivity index (χ1) is 10.5. The van der Waals surface area contributed by atoms with Crippen molar-refractivity contribution < 1.29 is 20.1 Å². The molecule has 5 N–H and O–H groups in total. The summed E-state index contributed by atoms with van der Waals surface area (Å²) in [5.41, 5.74) is 6.43. The molecule has 0 aliphatic carbocycles. The van der Waals surface area contributed by atoms with E-state index in [9.17, 15) is 15.0 Å². The van der Waals surface area contributed by atoms with Crippen LogP contribution in [0.3, 0.4) is 0 Å². The van der Waals surface area contributed by atoms with Gasteiger partial charge in [-0.15, -0.1) is 5.11 Å². The number of hydrogen-bond acceptors (Lipinski definition) is 6.